The summed E-state index contributed by atoms with van der Waals surface area (Å²) in [6.45, 7) is 2.28. The van der Waals surface area contributed by atoms with Crippen LogP contribution in [0.3, 0.4) is 0 Å². The second-order valence-electron chi connectivity index (χ2n) is 7.37. The minimum Gasteiger partial charge on any atom is -0.477 e. The number of pyridine rings is 1. The number of fused-ring (bicyclic) bond motifs is 1. The van der Waals surface area contributed by atoms with Crippen molar-refractivity contribution in [2.45, 2.75) is 19.4 Å². The smallest absolute Gasteiger partial charge is 0.341 e. The van der Waals surface area contributed by atoms with Gasteiger partial charge in [0.15, 0.2) is 0 Å². The third-order valence-corrected chi connectivity index (χ3v) is 5.41. The SMILES string of the molecule is Cc1c(F)c(N2CCC(N)C2)cc2c1c(=O)c(C(=O)O)cn2-c1ccc(F)cc1F.Cl. The van der Waals surface area contributed by atoms with Gasteiger partial charge >= 0.3 is 5.97 Å². The van der Waals surface area contributed by atoms with E-state index >= 15 is 4.39 Å². The van der Waals surface area contributed by atoms with E-state index in [0.717, 1.165) is 22.9 Å². The van der Waals surface area contributed by atoms with Gasteiger partial charge in [0.05, 0.1) is 22.3 Å². The number of hydrogen-bond donors (Lipinski definition) is 2. The molecule has 1 aromatic heterocycles. The van der Waals surface area contributed by atoms with Gasteiger partial charge in [-0.2, -0.15) is 0 Å². The van der Waals surface area contributed by atoms with E-state index in [1.807, 2.05) is 0 Å². The molecule has 2 heterocycles. The Labute approximate surface area is 181 Å². The van der Waals surface area contributed by atoms with E-state index in [2.05, 4.69) is 0 Å². The van der Waals surface area contributed by atoms with Gasteiger partial charge in [-0.3, -0.25) is 4.79 Å². The van der Waals surface area contributed by atoms with Crippen molar-refractivity contribution in [2.24, 2.45) is 5.73 Å². The second-order valence-corrected chi connectivity index (χ2v) is 7.37. The Balaban J connectivity index is 0.00000272. The molecular formula is C21H19ClF3N3O3. The Bertz CT molecular complexity index is 1260. The number of nitrogens with zero attached hydrogens (tertiary/aromatic N) is 2. The molecule has 10 heteroatoms. The summed E-state index contributed by atoms with van der Waals surface area (Å²) in [5, 5.41) is 9.27. The topological polar surface area (TPSA) is 88.6 Å². The molecule has 4 rings (SSSR count). The summed E-state index contributed by atoms with van der Waals surface area (Å²) in [5.74, 6) is -3.97. The van der Waals surface area contributed by atoms with Crippen molar-refractivity contribution in [3.63, 3.8) is 0 Å². The first-order valence-electron chi connectivity index (χ1n) is 9.26. The second kappa shape index (κ2) is 8.24. The van der Waals surface area contributed by atoms with Gasteiger partial charge in [0, 0.05) is 37.0 Å². The average molecular weight is 454 g/mol. The zero-order chi connectivity index (χ0) is 21.7. The van der Waals surface area contributed by atoms with Crippen LogP contribution in [0.4, 0.5) is 18.9 Å². The minimum absolute atomic E-state index is 0. The average Bonchev–Trinajstić information content (AvgIpc) is 3.11. The van der Waals surface area contributed by atoms with Crippen molar-refractivity contribution in [1.29, 1.82) is 0 Å². The molecule has 6 nitrogen and oxygen atoms in total. The van der Waals surface area contributed by atoms with E-state index in [9.17, 15) is 23.5 Å². The number of aromatic carboxylic acids is 1. The third-order valence-electron chi connectivity index (χ3n) is 5.41. The molecule has 1 aliphatic heterocycles. The summed E-state index contributed by atoms with van der Waals surface area (Å²) in [6.07, 6.45) is 1.63. The lowest BCUT2D eigenvalue weighted by atomic mass is 10.0. The number of nitrogens with two attached hydrogens (primary N) is 1. The maximum atomic E-state index is 15.2. The van der Waals surface area contributed by atoms with Crippen LogP contribution in [0.15, 0.2) is 35.3 Å². The highest BCUT2D eigenvalue weighted by Crippen LogP contribution is 2.32. The molecule has 3 aromatic rings. The van der Waals surface area contributed by atoms with Gasteiger partial charge in [-0.1, -0.05) is 0 Å². The fourth-order valence-corrected chi connectivity index (χ4v) is 3.89. The van der Waals surface area contributed by atoms with Gasteiger partial charge < -0.3 is 20.3 Å². The molecule has 31 heavy (non-hydrogen) atoms. The highest BCUT2D eigenvalue weighted by Gasteiger charge is 2.26. The van der Waals surface area contributed by atoms with Gasteiger partial charge in [-0.05, 0) is 31.5 Å². The van der Waals surface area contributed by atoms with Crippen LogP contribution < -0.4 is 16.1 Å². The van der Waals surface area contributed by atoms with Crippen LogP contribution >= 0.6 is 12.4 Å². The van der Waals surface area contributed by atoms with E-state index in [1.165, 1.54) is 13.0 Å². The maximum Gasteiger partial charge on any atom is 0.341 e. The molecule has 0 radical (unpaired) electrons. The molecule has 1 unspecified atom stereocenters. The Kier molecular flexibility index (Phi) is 6.02. The number of halogens is 4. The predicted molar refractivity (Wildman–Crippen MR) is 113 cm³/mol. The molecule has 164 valence electrons. The molecule has 1 saturated heterocycles. The Morgan fingerprint density at radius 2 is 1.90 bits per heavy atom. The summed E-state index contributed by atoms with van der Waals surface area (Å²) in [4.78, 5) is 26.1. The van der Waals surface area contributed by atoms with Gasteiger partial charge in [0.2, 0.25) is 5.43 Å². The van der Waals surface area contributed by atoms with Crippen molar-refractivity contribution in [3.8, 4) is 5.69 Å². The van der Waals surface area contributed by atoms with Crippen molar-refractivity contribution < 1.29 is 23.1 Å². The first kappa shape index (κ1) is 22.6. The van der Waals surface area contributed by atoms with Crippen LogP contribution in [-0.2, 0) is 0 Å². The normalized spacial score (nSPS) is 15.9. The monoisotopic (exact) mass is 453 g/mol. The van der Waals surface area contributed by atoms with Gasteiger partial charge in [0.1, 0.15) is 23.0 Å². The summed E-state index contributed by atoms with van der Waals surface area (Å²) in [5.41, 5.74) is 4.49. The van der Waals surface area contributed by atoms with E-state index in [4.69, 9.17) is 5.73 Å². The Hall–Kier alpha value is -3.04. The molecule has 2 aromatic carbocycles. The maximum absolute atomic E-state index is 15.2. The number of hydrogen-bond acceptors (Lipinski definition) is 4. The Morgan fingerprint density at radius 3 is 2.48 bits per heavy atom. The van der Waals surface area contributed by atoms with Crippen molar-refractivity contribution in [2.75, 3.05) is 18.0 Å². The lowest BCUT2D eigenvalue weighted by Crippen LogP contribution is -2.27. The summed E-state index contributed by atoms with van der Waals surface area (Å²) in [7, 11) is 0. The van der Waals surface area contributed by atoms with E-state index in [-0.39, 0.29) is 46.3 Å². The molecule has 0 bridgehead atoms. The highest BCUT2D eigenvalue weighted by atomic mass is 35.5. The number of carboxylic acids is 1. The molecular weight excluding hydrogens is 435 g/mol. The summed E-state index contributed by atoms with van der Waals surface area (Å²) < 4.78 is 44.3. The van der Waals surface area contributed by atoms with Gasteiger partial charge in [-0.25, -0.2) is 18.0 Å². The molecule has 1 atom stereocenters. The number of carboxylic acid groups (broad SMARTS) is 1. The van der Waals surface area contributed by atoms with Crippen LogP contribution in [0.5, 0.6) is 0 Å². The van der Waals surface area contributed by atoms with Crippen LogP contribution in [0.2, 0.25) is 0 Å². The molecule has 0 spiro atoms. The molecule has 0 aliphatic carbocycles. The highest BCUT2D eigenvalue weighted by molar-refractivity contribution is 5.95. The Morgan fingerprint density at radius 1 is 1.19 bits per heavy atom. The number of rotatable bonds is 3. The predicted octanol–water partition coefficient (Wildman–Crippen LogP) is 3.37. The quantitative estimate of drug-likeness (QED) is 0.634. The van der Waals surface area contributed by atoms with Crippen LogP contribution in [0.1, 0.15) is 22.3 Å². The lowest BCUT2D eigenvalue weighted by Gasteiger charge is -2.22. The summed E-state index contributed by atoms with van der Waals surface area (Å²) >= 11 is 0. The number of anilines is 1. The first-order valence-corrected chi connectivity index (χ1v) is 9.26. The summed E-state index contributed by atoms with van der Waals surface area (Å²) in [6, 6.07) is 4.04. The fourth-order valence-electron chi connectivity index (χ4n) is 3.89. The molecule has 1 fully saturated rings. The van der Waals surface area contributed by atoms with Gasteiger partial charge in [0.25, 0.3) is 0 Å². The van der Waals surface area contributed by atoms with E-state index in [0.29, 0.717) is 25.6 Å². The molecule has 0 amide bonds. The largest absolute Gasteiger partial charge is 0.477 e. The first-order chi connectivity index (χ1) is 14.2. The zero-order valence-corrected chi connectivity index (χ0v) is 17.2. The fraction of sp³-hybridized carbons (Fsp3) is 0.238. The number of benzene rings is 2. The number of carbonyl (C=O) groups is 1. The van der Waals surface area contributed by atoms with Crippen LogP contribution in [0, 0.1) is 24.4 Å². The minimum atomic E-state index is -1.53. The van der Waals surface area contributed by atoms with Gasteiger partial charge in [-0.15, -0.1) is 12.4 Å². The van der Waals surface area contributed by atoms with Crippen molar-refractivity contribution >= 4 is 35.0 Å². The molecule has 3 N–H and O–H groups in total. The van der Waals surface area contributed by atoms with E-state index in [1.54, 1.807) is 4.90 Å². The van der Waals surface area contributed by atoms with Crippen molar-refractivity contribution in [1.82, 2.24) is 4.57 Å². The third kappa shape index (κ3) is 3.75. The molecule has 1 aliphatic rings. The van der Waals surface area contributed by atoms with Crippen LogP contribution in [0.25, 0.3) is 16.6 Å². The van der Waals surface area contributed by atoms with E-state index < -0.39 is 34.4 Å². The lowest BCUT2D eigenvalue weighted by molar-refractivity contribution is 0.0695. The zero-order valence-electron chi connectivity index (χ0n) is 16.4. The van der Waals surface area contributed by atoms with Crippen molar-refractivity contribution in [3.05, 3.63) is 69.3 Å². The van der Waals surface area contributed by atoms with Crippen LogP contribution in [-0.4, -0.2) is 34.8 Å². The number of aromatic nitrogens is 1. The standard InChI is InChI=1S/C21H18F3N3O3.ClH/c1-10-18-16(7-17(19(10)24)26-5-4-12(25)8-26)27(9-13(20(18)28)21(29)30)15-3-2-11(22)6-14(15)23;/h2-3,6-7,9,12H,4-5,8,25H2,1H3,(H,29,30);1H. The molecule has 0 saturated carbocycles. The number of aryl methyl sites for hydroxylation is 1.